The van der Waals surface area contributed by atoms with Crippen molar-refractivity contribution < 1.29 is 4.79 Å². The first-order valence-corrected chi connectivity index (χ1v) is 19.7. The Balaban J connectivity index is 1.64. The first kappa shape index (κ1) is 39.7. The highest BCUT2D eigenvalue weighted by molar-refractivity contribution is 5.90. The molecule has 0 aromatic heterocycles. The Hall–Kier alpha value is -1.31. The summed E-state index contributed by atoms with van der Waals surface area (Å²) in [6, 6.07) is 9.78. The molecule has 2 heteroatoms. The van der Waals surface area contributed by atoms with Crippen molar-refractivity contribution in [3.05, 3.63) is 30.3 Å². The maximum absolute atomic E-state index is 12.0. The topological polar surface area (TPSA) is 29.1 Å². The van der Waals surface area contributed by atoms with Gasteiger partial charge in [0.2, 0.25) is 5.91 Å². The highest BCUT2D eigenvalue weighted by Gasteiger charge is 2.02. The fraction of sp³-hybridized carbons (Fsp3) is 0.829. The van der Waals surface area contributed by atoms with E-state index in [1.54, 1.807) is 0 Å². The highest BCUT2D eigenvalue weighted by atomic mass is 16.1. The third-order valence-corrected chi connectivity index (χ3v) is 9.31. The molecule has 0 saturated carbocycles. The number of unbranched alkanes of at least 4 members (excludes halogenated alkanes) is 31. The van der Waals surface area contributed by atoms with E-state index < -0.39 is 0 Å². The summed E-state index contributed by atoms with van der Waals surface area (Å²) in [6.07, 6.45) is 46.2. The Morgan fingerprint density at radius 2 is 0.651 bits per heavy atom. The van der Waals surface area contributed by atoms with Crippen molar-refractivity contribution >= 4 is 11.6 Å². The lowest BCUT2D eigenvalue weighted by molar-refractivity contribution is -0.116. The Bertz CT molecular complexity index is 672. The number of carbonyl (C=O) groups is 1. The van der Waals surface area contributed by atoms with Crippen LogP contribution in [0.2, 0.25) is 0 Å². The van der Waals surface area contributed by atoms with Gasteiger partial charge in [-0.2, -0.15) is 0 Å². The number of hydrogen-bond donors (Lipinski definition) is 1. The molecule has 0 heterocycles. The molecule has 2 nitrogen and oxygen atoms in total. The zero-order chi connectivity index (χ0) is 30.7. The number of para-hydroxylation sites is 1. The van der Waals surface area contributed by atoms with Crippen LogP contribution in [0.4, 0.5) is 5.69 Å². The minimum Gasteiger partial charge on any atom is -0.326 e. The van der Waals surface area contributed by atoms with Crippen LogP contribution in [0.15, 0.2) is 30.3 Å². The van der Waals surface area contributed by atoms with Gasteiger partial charge in [-0.3, -0.25) is 4.79 Å². The van der Waals surface area contributed by atoms with Crippen molar-refractivity contribution in [2.24, 2.45) is 0 Å². The molecule has 1 aromatic rings. The van der Waals surface area contributed by atoms with E-state index in [9.17, 15) is 4.79 Å². The van der Waals surface area contributed by atoms with E-state index in [1.165, 1.54) is 199 Å². The van der Waals surface area contributed by atoms with Crippen LogP contribution < -0.4 is 5.32 Å². The van der Waals surface area contributed by atoms with E-state index in [-0.39, 0.29) is 5.91 Å². The average molecular weight is 598 g/mol. The molecule has 0 aliphatic carbocycles. The summed E-state index contributed by atoms with van der Waals surface area (Å²) < 4.78 is 0. The van der Waals surface area contributed by atoms with Crippen LogP contribution in [0.25, 0.3) is 0 Å². The Morgan fingerprint density at radius 3 is 0.930 bits per heavy atom. The number of carbonyl (C=O) groups excluding carboxylic acids is 1. The number of amides is 1. The molecule has 1 amide bonds. The maximum Gasteiger partial charge on any atom is 0.224 e. The molecular formula is C41H75NO. The lowest BCUT2D eigenvalue weighted by Crippen LogP contribution is -2.10. The monoisotopic (exact) mass is 598 g/mol. The summed E-state index contributed by atoms with van der Waals surface area (Å²) in [6.45, 7) is 2.30. The molecule has 43 heavy (non-hydrogen) atoms. The lowest BCUT2D eigenvalue weighted by atomic mass is 10.0. The smallest absolute Gasteiger partial charge is 0.224 e. The average Bonchev–Trinajstić information content (AvgIpc) is 3.02. The molecule has 0 unspecified atom stereocenters. The van der Waals surface area contributed by atoms with Crippen LogP contribution in [-0.4, -0.2) is 5.91 Å². The first-order chi connectivity index (χ1) is 21.3. The molecule has 0 spiro atoms. The Kier molecular flexibility index (Phi) is 31.0. The van der Waals surface area contributed by atoms with E-state index in [4.69, 9.17) is 0 Å². The Labute approximate surface area is 270 Å². The number of benzene rings is 1. The summed E-state index contributed by atoms with van der Waals surface area (Å²) in [5.41, 5.74) is 0.906. The van der Waals surface area contributed by atoms with Crippen molar-refractivity contribution in [3.8, 4) is 0 Å². The van der Waals surface area contributed by atoms with E-state index in [0.29, 0.717) is 6.42 Å². The van der Waals surface area contributed by atoms with Crippen LogP contribution in [0.5, 0.6) is 0 Å². The fourth-order valence-corrected chi connectivity index (χ4v) is 6.41. The molecule has 0 fully saturated rings. The summed E-state index contributed by atoms with van der Waals surface area (Å²) in [4.78, 5) is 12.0. The van der Waals surface area contributed by atoms with Crippen molar-refractivity contribution in [3.63, 3.8) is 0 Å². The van der Waals surface area contributed by atoms with Crippen molar-refractivity contribution in [2.45, 2.75) is 219 Å². The molecule has 0 atom stereocenters. The number of hydrogen-bond acceptors (Lipinski definition) is 1. The van der Waals surface area contributed by atoms with E-state index in [1.807, 2.05) is 30.3 Å². The van der Waals surface area contributed by atoms with Crippen molar-refractivity contribution in [1.82, 2.24) is 0 Å². The summed E-state index contributed by atoms with van der Waals surface area (Å²) in [5, 5.41) is 2.98. The third-order valence-electron chi connectivity index (χ3n) is 9.31. The molecule has 0 aliphatic rings. The summed E-state index contributed by atoms with van der Waals surface area (Å²) in [7, 11) is 0. The second-order valence-corrected chi connectivity index (χ2v) is 13.6. The number of nitrogens with one attached hydrogen (secondary N) is 1. The Morgan fingerprint density at radius 1 is 0.395 bits per heavy atom. The van der Waals surface area contributed by atoms with E-state index in [0.717, 1.165) is 12.1 Å². The molecule has 0 saturated heterocycles. The zero-order valence-corrected chi connectivity index (χ0v) is 29.1. The van der Waals surface area contributed by atoms with Gasteiger partial charge in [0.1, 0.15) is 0 Å². The van der Waals surface area contributed by atoms with Gasteiger partial charge < -0.3 is 5.32 Å². The third kappa shape index (κ3) is 30.5. The predicted octanol–water partition coefficient (Wildman–Crippen LogP) is 14.5. The van der Waals surface area contributed by atoms with Gasteiger partial charge in [-0.25, -0.2) is 0 Å². The predicted molar refractivity (Wildman–Crippen MR) is 193 cm³/mol. The SMILES string of the molecule is CCCCCCCCCCCCCCCCCCCCCCCCCCCCCCCCCCC(=O)Nc1ccccc1. The van der Waals surface area contributed by atoms with Gasteiger partial charge >= 0.3 is 0 Å². The molecule has 0 aliphatic heterocycles. The van der Waals surface area contributed by atoms with Gasteiger partial charge in [-0.05, 0) is 18.6 Å². The van der Waals surface area contributed by atoms with Gasteiger partial charge in [0.05, 0.1) is 0 Å². The van der Waals surface area contributed by atoms with Gasteiger partial charge in [0.15, 0.2) is 0 Å². The highest BCUT2D eigenvalue weighted by Crippen LogP contribution is 2.17. The number of rotatable bonds is 34. The van der Waals surface area contributed by atoms with Gasteiger partial charge in [-0.1, -0.05) is 224 Å². The van der Waals surface area contributed by atoms with Crippen LogP contribution >= 0.6 is 0 Å². The molecule has 1 N–H and O–H groups in total. The van der Waals surface area contributed by atoms with Crippen molar-refractivity contribution in [1.29, 1.82) is 0 Å². The lowest BCUT2D eigenvalue weighted by Gasteiger charge is -2.05. The van der Waals surface area contributed by atoms with E-state index in [2.05, 4.69) is 12.2 Å². The standard InChI is InChI=1S/C41H75NO/c1-2-3-4-5-6-7-8-9-10-11-12-13-14-15-16-17-18-19-20-21-22-23-24-25-26-27-28-29-30-31-32-36-39-41(43)42-40-37-34-33-35-38-40/h33-35,37-38H,2-32,36,39H2,1H3,(H,42,43). The molecule has 250 valence electrons. The molecule has 0 radical (unpaired) electrons. The molecule has 0 bridgehead atoms. The van der Waals surface area contributed by atoms with Crippen molar-refractivity contribution in [2.75, 3.05) is 5.32 Å². The zero-order valence-electron chi connectivity index (χ0n) is 29.1. The quantitative estimate of drug-likeness (QED) is 0.0787. The normalized spacial score (nSPS) is 11.3. The fourth-order valence-electron chi connectivity index (χ4n) is 6.41. The van der Waals surface area contributed by atoms with Crippen LogP contribution in [-0.2, 0) is 4.79 Å². The number of anilines is 1. The molecule has 1 rings (SSSR count). The minimum absolute atomic E-state index is 0.150. The minimum atomic E-state index is 0.150. The summed E-state index contributed by atoms with van der Waals surface area (Å²) >= 11 is 0. The maximum atomic E-state index is 12.0. The van der Waals surface area contributed by atoms with Gasteiger partial charge in [-0.15, -0.1) is 0 Å². The van der Waals surface area contributed by atoms with Crippen LogP contribution in [0.1, 0.15) is 219 Å². The second-order valence-electron chi connectivity index (χ2n) is 13.6. The van der Waals surface area contributed by atoms with Gasteiger partial charge in [0, 0.05) is 12.1 Å². The van der Waals surface area contributed by atoms with Crippen LogP contribution in [0, 0.1) is 0 Å². The summed E-state index contributed by atoms with van der Waals surface area (Å²) in [5.74, 6) is 0.150. The molecular weight excluding hydrogens is 522 g/mol. The van der Waals surface area contributed by atoms with Crippen LogP contribution in [0.3, 0.4) is 0 Å². The second kappa shape index (κ2) is 33.6. The molecule has 1 aromatic carbocycles. The first-order valence-electron chi connectivity index (χ1n) is 19.7. The largest absolute Gasteiger partial charge is 0.326 e. The van der Waals surface area contributed by atoms with E-state index >= 15 is 0 Å². The van der Waals surface area contributed by atoms with Gasteiger partial charge in [0.25, 0.3) is 0 Å².